The molecule has 0 aliphatic heterocycles. The van der Waals surface area contributed by atoms with Gasteiger partial charge in [0.15, 0.2) is 0 Å². The Kier molecular flexibility index (Phi) is 5.42. The van der Waals surface area contributed by atoms with Crippen LogP contribution in [0.3, 0.4) is 0 Å². The van der Waals surface area contributed by atoms with E-state index in [2.05, 4.69) is 0 Å². The van der Waals surface area contributed by atoms with E-state index < -0.39 is 5.97 Å². The number of carboxylic acid groups (broad SMARTS) is 1. The van der Waals surface area contributed by atoms with Gasteiger partial charge in [-0.05, 0) is 24.0 Å². The Morgan fingerprint density at radius 1 is 1.32 bits per heavy atom. The molecular formula is C15H20O4. The van der Waals surface area contributed by atoms with Gasteiger partial charge in [-0.1, -0.05) is 25.5 Å². The minimum Gasteiger partial charge on any atom is -0.497 e. The molecule has 1 rings (SSSR count). The number of carboxylic acids is 1. The van der Waals surface area contributed by atoms with E-state index >= 15 is 0 Å². The molecule has 104 valence electrons. The van der Waals surface area contributed by atoms with E-state index in [4.69, 9.17) is 14.6 Å². The zero-order chi connectivity index (χ0) is 14.4. The van der Waals surface area contributed by atoms with E-state index in [0.717, 1.165) is 11.1 Å². The quantitative estimate of drug-likeness (QED) is 0.803. The van der Waals surface area contributed by atoms with Crippen molar-refractivity contribution in [3.63, 3.8) is 0 Å². The molecule has 0 aliphatic carbocycles. The molecule has 0 aliphatic rings. The van der Waals surface area contributed by atoms with Crippen molar-refractivity contribution < 1.29 is 19.4 Å². The first-order valence-electron chi connectivity index (χ1n) is 6.12. The SMILES string of the molecule is COc1ccc(C/C(=C/C(=O)O)C(C)C)c(OC)c1. The van der Waals surface area contributed by atoms with Gasteiger partial charge in [0.25, 0.3) is 0 Å². The molecule has 1 aromatic carbocycles. The van der Waals surface area contributed by atoms with Crippen molar-refractivity contribution in [2.24, 2.45) is 5.92 Å². The molecule has 19 heavy (non-hydrogen) atoms. The van der Waals surface area contributed by atoms with Crippen LogP contribution < -0.4 is 9.47 Å². The Morgan fingerprint density at radius 2 is 2.00 bits per heavy atom. The Bertz CT molecular complexity index is 475. The number of aliphatic carboxylic acids is 1. The molecular weight excluding hydrogens is 244 g/mol. The molecule has 0 fully saturated rings. The number of carbonyl (C=O) groups is 1. The standard InChI is InChI=1S/C15H20O4/c1-10(2)12(8-15(16)17)7-11-5-6-13(18-3)9-14(11)19-4/h5-6,8-10H,7H2,1-4H3,(H,16,17)/b12-8-. The van der Waals surface area contributed by atoms with Gasteiger partial charge >= 0.3 is 5.97 Å². The second-order valence-corrected chi connectivity index (χ2v) is 4.57. The number of allylic oxidation sites excluding steroid dienone is 1. The van der Waals surface area contributed by atoms with Gasteiger partial charge in [0.05, 0.1) is 14.2 Å². The van der Waals surface area contributed by atoms with Crippen molar-refractivity contribution in [2.45, 2.75) is 20.3 Å². The minimum absolute atomic E-state index is 0.169. The normalized spacial score (nSPS) is 11.5. The molecule has 0 radical (unpaired) electrons. The highest BCUT2D eigenvalue weighted by molar-refractivity contribution is 5.80. The van der Waals surface area contributed by atoms with Crippen LogP contribution in [0.25, 0.3) is 0 Å². The third-order valence-corrected chi connectivity index (χ3v) is 2.94. The van der Waals surface area contributed by atoms with Crippen LogP contribution in [0.4, 0.5) is 0 Å². The maximum absolute atomic E-state index is 10.8. The summed E-state index contributed by atoms with van der Waals surface area (Å²) in [5.41, 5.74) is 1.81. The van der Waals surface area contributed by atoms with Crippen LogP contribution in [0.5, 0.6) is 11.5 Å². The molecule has 0 saturated heterocycles. The predicted molar refractivity (Wildman–Crippen MR) is 73.8 cm³/mol. The molecule has 0 aromatic heterocycles. The Balaban J connectivity index is 3.06. The summed E-state index contributed by atoms with van der Waals surface area (Å²) in [5.74, 6) is 0.671. The molecule has 1 N–H and O–H groups in total. The lowest BCUT2D eigenvalue weighted by molar-refractivity contribution is -0.131. The third kappa shape index (κ3) is 4.32. The van der Waals surface area contributed by atoms with Gasteiger partial charge < -0.3 is 14.6 Å². The van der Waals surface area contributed by atoms with Crippen LogP contribution in [0, 0.1) is 5.92 Å². The van der Waals surface area contributed by atoms with Crippen molar-refractivity contribution in [3.05, 3.63) is 35.4 Å². The van der Waals surface area contributed by atoms with Crippen molar-refractivity contribution in [2.75, 3.05) is 14.2 Å². The Labute approximate surface area is 113 Å². The largest absolute Gasteiger partial charge is 0.497 e. The molecule has 0 atom stereocenters. The summed E-state index contributed by atoms with van der Waals surface area (Å²) in [7, 11) is 3.19. The van der Waals surface area contributed by atoms with Gasteiger partial charge in [-0.2, -0.15) is 0 Å². The lowest BCUT2D eigenvalue weighted by atomic mass is 9.95. The van der Waals surface area contributed by atoms with Crippen LogP contribution in [-0.4, -0.2) is 25.3 Å². The fourth-order valence-corrected chi connectivity index (χ4v) is 1.80. The average Bonchev–Trinajstić information content (AvgIpc) is 2.37. The smallest absolute Gasteiger partial charge is 0.328 e. The number of methoxy groups -OCH3 is 2. The summed E-state index contributed by atoms with van der Waals surface area (Å²) in [5, 5.41) is 8.89. The van der Waals surface area contributed by atoms with E-state index in [1.54, 1.807) is 20.3 Å². The van der Waals surface area contributed by atoms with E-state index in [-0.39, 0.29) is 5.92 Å². The number of hydrogen-bond donors (Lipinski definition) is 1. The summed E-state index contributed by atoms with van der Waals surface area (Å²) in [6.07, 6.45) is 1.82. The molecule has 0 amide bonds. The molecule has 1 aromatic rings. The molecule has 4 heteroatoms. The van der Waals surface area contributed by atoms with E-state index in [1.165, 1.54) is 6.08 Å². The summed E-state index contributed by atoms with van der Waals surface area (Å²) < 4.78 is 10.5. The summed E-state index contributed by atoms with van der Waals surface area (Å²) in [6.45, 7) is 3.95. The van der Waals surface area contributed by atoms with Crippen LogP contribution in [0.15, 0.2) is 29.8 Å². The van der Waals surface area contributed by atoms with Crippen LogP contribution in [0.1, 0.15) is 19.4 Å². The first kappa shape index (κ1) is 15.1. The highest BCUT2D eigenvalue weighted by atomic mass is 16.5. The Hall–Kier alpha value is -1.97. The predicted octanol–water partition coefficient (Wildman–Crippen LogP) is 2.91. The van der Waals surface area contributed by atoms with Gasteiger partial charge in [-0.25, -0.2) is 4.79 Å². The molecule has 0 unspecified atom stereocenters. The lowest BCUT2D eigenvalue weighted by Gasteiger charge is -2.14. The van der Waals surface area contributed by atoms with Crippen molar-refractivity contribution >= 4 is 5.97 Å². The van der Waals surface area contributed by atoms with E-state index in [9.17, 15) is 4.79 Å². The monoisotopic (exact) mass is 264 g/mol. The van der Waals surface area contributed by atoms with Crippen molar-refractivity contribution in [3.8, 4) is 11.5 Å². The lowest BCUT2D eigenvalue weighted by Crippen LogP contribution is -2.04. The van der Waals surface area contributed by atoms with Gasteiger partial charge in [-0.15, -0.1) is 0 Å². The van der Waals surface area contributed by atoms with Crippen LogP contribution in [0.2, 0.25) is 0 Å². The summed E-state index contributed by atoms with van der Waals surface area (Å²) >= 11 is 0. The number of benzene rings is 1. The summed E-state index contributed by atoms with van der Waals surface area (Å²) in [6, 6.07) is 5.54. The first-order valence-corrected chi connectivity index (χ1v) is 6.12. The fourth-order valence-electron chi connectivity index (χ4n) is 1.80. The first-order chi connectivity index (χ1) is 8.97. The highest BCUT2D eigenvalue weighted by Crippen LogP contribution is 2.28. The molecule has 0 heterocycles. The maximum atomic E-state index is 10.8. The van der Waals surface area contributed by atoms with Crippen LogP contribution in [-0.2, 0) is 11.2 Å². The average molecular weight is 264 g/mol. The van der Waals surface area contributed by atoms with Gasteiger partial charge in [-0.3, -0.25) is 0 Å². The second kappa shape index (κ2) is 6.83. The molecule has 4 nitrogen and oxygen atoms in total. The van der Waals surface area contributed by atoms with E-state index in [0.29, 0.717) is 17.9 Å². The molecule has 0 saturated carbocycles. The Morgan fingerprint density at radius 3 is 2.47 bits per heavy atom. The highest BCUT2D eigenvalue weighted by Gasteiger charge is 2.11. The van der Waals surface area contributed by atoms with Gasteiger partial charge in [0, 0.05) is 12.1 Å². The van der Waals surface area contributed by atoms with Gasteiger partial charge in [0.1, 0.15) is 11.5 Å². The number of ether oxygens (including phenoxy) is 2. The van der Waals surface area contributed by atoms with Crippen molar-refractivity contribution in [1.82, 2.24) is 0 Å². The molecule has 0 bridgehead atoms. The third-order valence-electron chi connectivity index (χ3n) is 2.94. The topological polar surface area (TPSA) is 55.8 Å². The summed E-state index contributed by atoms with van der Waals surface area (Å²) in [4.78, 5) is 10.8. The second-order valence-electron chi connectivity index (χ2n) is 4.57. The number of rotatable bonds is 6. The zero-order valence-electron chi connectivity index (χ0n) is 11.8. The van der Waals surface area contributed by atoms with E-state index in [1.807, 2.05) is 26.0 Å². The minimum atomic E-state index is -0.920. The zero-order valence-corrected chi connectivity index (χ0v) is 11.8. The van der Waals surface area contributed by atoms with Crippen LogP contribution >= 0.6 is 0 Å². The van der Waals surface area contributed by atoms with Gasteiger partial charge in [0.2, 0.25) is 0 Å². The van der Waals surface area contributed by atoms with Crippen molar-refractivity contribution in [1.29, 1.82) is 0 Å². The fraction of sp³-hybridized carbons (Fsp3) is 0.400. The number of hydrogen-bond acceptors (Lipinski definition) is 3. The molecule has 0 spiro atoms. The maximum Gasteiger partial charge on any atom is 0.328 e.